The fourth-order valence-corrected chi connectivity index (χ4v) is 2.63. The van der Waals surface area contributed by atoms with Gasteiger partial charge >= 0.3 is 0 Å². The molecule has 1 atom stereocenters. The van der Waals surface area contributed by atoms with E-state index in [1.807, 2.05) is 48.2 Å². The summed E-state index contributed by atoms with van der Waals surface area (Å²) in [5.74, 6) is 0.542. The minimum atomic E-state index is -0.0346. The van der Waals surface area contributed by atoms with Crippen LogP contribution in [0.25, 0.3) is 0 Å². The number of anilines is 1. The molecule has 1 amide bonds. The Morgan fingerprint density at radius 2 is 2.22 bits per heavy atom. The van der Waals surface area contributed by atoms with Gasteiger partial charge in [0.25, 0.3) is 5.91 Å². The van der Waals surface area contributed by atoms with Crippen molar-refractivity contribution in [2.45, 2.75) is 12.5 Å². The Morgan fingerprint density at radius 3 is 2.96 bits per heavy atom. The first-order valence-corrected chi connectivity index (χ1v) is 7.63. The maximum Gasteiger partial charge on any atom is 0.254 e. The van der Waals surface area contributed by atoms with E-state index >= 15 is 0 Å². The first-order chi connectivity index (χ1) is 11.1. The predicted octanol–water partition coefficient (Wildman–Crippen LogP) is 1.84. The third-order valence-corrected chi connectivity index (χ3v) is 3.87. The van der Waals surface area contributed by atoms with Crippen LogP contribution in [0.5, 0.6) is 5.88 Å². The van der Waals surface area contributed by atoms with Gasteiger partial charge in [0.1, 0.15) is 6.10 Å². The first kappa shape index (κ1) is 15.3. The molecule has 0 bridgehead atoms. The van der Waals surface area contributed by atoms with Crippen LogP contribution in [0, 0.1) is 0 Å². The van der Waals surface area contributed by atoms with Crippen LogP contribution >= 0.6 is 0 Å². The van der Waals surface area contributed by atoms with E-state index in [1.54, 1.807) is 18.6 Å². The molecule has 120 valence electrons. The summed E-state index contributed by atoms with van der Waals surface area (Å²) < 4.78 is 5.78. The number of hydrogen-bond donors (Lipinski definition) is 0. The van der Waals surface area contributed by atoms with E-state index in [9.17, 15) is 4.79 Å². The molecular formula is C17H20N4O2. The van der Waals surface area contributed by atoms with Gasteiger partial charge in [-0.15, -0.1) is 0 Å². The summed E-state index contributed by atoms with van der Waals surface area (Å²) in [5.41, 5.74) is 1.72. The monoisotopic (exact) mass is 312 g/mol. The average Bonchev–Trinajstić information content (AvgIpc) is 3.03. The van der Waals surface area contributed by atoms with E-state index in [0.29, 0.717) is 24.5 Å². The molecule has 0 aliphatic carbocycles. The molecule has 6 heteroatoms. The summed E-state index contributed by atoms with van der Waals surface area (Å²) in [6, 6.07) is 7.66. The van der Waals surface area contributed by atoms with Crippen LogP contribution in [0.1, 0.15) is 16.8 Å². The fraction of sp³-hybridized carbons (Fsp3) is 0.353. The summed E-state index contributed by atoms with van der Waals surface area (Å²) in [5, 5.41) is 0. The van der Waals surface area contributed by atoms with Crippen molar-refractivity contribution >= 4 is 11.6 Å². The second-order valence-corrected chi connectivity index (χ2v) is 5.77. The van der Waals surface area contributed by atoms with Gasteiger partial charge in [-0.25, -0.2) is 4.98 Å². The van der Waals surface area contributed by atoms with Gasteiger partial charge in [0.2, 0.25) is 5.88 Å². The second-order valence-electron chi connectivity index (χ2n) is 5.77. The van der Waals surface area contributed by atoms with Gasteiger partial charge in [0, 0.05) is 50.7 Å². The highest BCUT2D eigenvalue weighted by Crippen LogP contribution is 2.20. The number of hydrogen-bond acceptors (Lipinski definition) is 5. The molecule has 0 spiro atoms. The molecule has 1 aromatic heterocycles. The second kappa shape index (κ2) is 6.64. The number of rotatable bonds is 4. The standard InChI is InChI=1S/C17H20N4O2/c1-20(2)14-5-3-4-13(10-14)17(22)21-9-6-15(12-21)23-16-11-18-7-8-19-16/h3-5,7-8,10-11,15H,6,9,12H2,1-2H3. The molecule has 1 aliphatic heterocycles. The van der Waals surface area contributed by atoms with E-state index in [2.05, 4.69) is 9.97 Å². The third-order valence-electron chi connectivity index (χ3n) is 3.87. The minimum Gasteiger partial charge on any atom is -0.471 e. The van der Waals surface area contributed by atoms with Gasteiger partial charge < -0.3 is 14.5 Å². The lowest BCUT2D eigenvalue weighted by molar-refractivity contribution is 0.0771. The molecular weight excluding hydrogens is 292 g/mol. The number of nitrogens with zero attached hydrogens (tertiary/aromatic N) is 4. The lowest BCUT2D eigenvalue weighted by atomic mass is 10.1. The van der Waals surface area contributed by atoms with Crippen LogP contribution in [0.3, 0.4) is 0 Å². The summed E-state index contributed by atoms with van der Waals surface area (Å²) >= 11 is 0. The Hall–Kier alpha value is -2.63. The Bertz CT molecular complexity index is 675. The molecule has 3 rings (SSSR count). The first-order valence-electron chi connectivity index (χ1n) is 7.63. The maximum atomic E-state index is 12.6. The van der Waals surface area contributed by atoms with E-state index in [0.717, 1.165) is 12.1 Å². The summed E-state index contributed by atoms with van der Waals surface area (Å²) in [7, 11) is 3.93. The van der Waals surface area contributed by atoms with Crippen molar-refractivity contribution in [1.82, 2.24) is 14.9 Å². The van der Waals surface area contributed by atoms with Gasteiger partial charge in [0.05, 0.1) is 12.7 Å². The van der Waals surface area contributed by atoms with Crippen LogP contribution in [0.15, 0.2) is 42.9 Å². The van der Waals surface area contributed by atoms with Crippen LogP contribution in [0.2, 0.25) is 0 Å². The van der Waals surface area contributed by atoms with Crippen molar-refractivity contribution in [3.63, 3.8) is 0 Å². The van der Waals surface area contributed by atoms with Gasteiger partial charge in [-0.1, -0.05) is 6.07 Å². The van der Waals surface area contributed by atoms with Gasteiger partial charge in [0.15, 0.2) is 0 Å². The topological polar surface area (TPSA) is 58.6 Å². The van der Waals surface area contributed by atoms with Crippen LogP contribution in [-0.2, 0) is 0 Å². The number of ether oxygens (including phenoxy) is 1. The molecule has 1 unspecified atom stereocenters. The number of amides is 1. The summed E-state index contributed by atoms with van der Waals surface area (Å²) in [4.78, 5) is 24.5. The molecule has 0 saturated carbocycles. The number of carbonyl (C=O) groups excluding carboxylic acids is 1. The molecule has 6 nitrogen and oxygen atoms in total. The Kier molecular flexibility index (Phi) is 4.41. The van der Waals surface area contributed by atoms with E-state index in [4.69, 9.17) is 4.74 Å². The van der Waals surface area contributed by atoms with Crippen molar-refractivity contribution < 1.29 is 9.53 Å². The smallest absolute Gasteiger partial charge is 0.254 e. The zero-order valence-corrected chi connectivity index (χ0v) is 13.3. The fourth-order valence-electron chi connectivity index (χ4n) is 2.63. The van der Waals surface area contributed by atoms with Crippen molar-refractivity contribution in [3.8, 4) is 5.88 Å². The Labute approximate surface area is 135 Å². The van der Waals surface area contributed by atoms with Gasteiger partial charge in [-0.3, -0.25) is 9.78 Å². The number of carbonyl (C=O) groups is 1. The molecule has 0 radical (unpaired) electrons. The molecule has 1 fully saturated rings. The molecule has 2 heterocycles. The lowest BCUT2D eigenvalue weighted by Crippen LogP contribution is -2.31. The van der Waals surface area contributed by atoms with Crippen molar-refractivity contribution in [3.05, 3.63) is 48.4 Å². The molecule has 23 heavy (non-hydrogen) atoms. The molecule has 0 N–H and O–H groups in total. The number of benzene rings is 1. The predicted molar refractivity (Wildman–Crippen MR) is 87.7 cm³/mol. The van der Waals surface area contributed by atoms with Crippen LogP contribution in [-0.4, -0.2) is 54.1 Å². The van der Waals surface area contributed by atoms with Crippen LogP contribution in [0.4, 0.5) is 5.69 Å². The number of likely N-dealkylation sites (tertiary alicyclic amines) is 1. The Balaban J connectivity index is 1.64. The van der Waals surface area contributed by atoms with Gasteiger partial charge in [-0.05, 0) is 18.2 Å². The van der Waals surface area contributed by atoms with E-state index in [-0.39, 0.29) is 12.0 Å². The maximum absolute atomic E-state index is 12.6. The zero-order chi connectivity index (χ0) is 16.2. The summed E-state index contributed by atoms with van der Waals surface area (Å²) in [6.07, 6.45) is 5.56. The quantitative estimate of drug-likeness (QED) is 0.862. The van der Waals surface area contributed by atoms with Gasteiger partial charge in [-0.2, -0.15) is 0 Å². The highest BCUT2D eigenvalue weighted by Gasteiger charge is 2.28. The third kappa shape index (κ3) is 3.59. The Morgan fingerprint density at radius 1 is 1.35 bits per heavy atom. The number of aromatic nitrogens is 2. The lowest BCUT2D eigenvalue weighted by Gasteiger charge is -2.18. The molecule has 1 aliphatic rings. The van der Waals surface area contributed by atoms with Crippen LogP contribution < -0.4 is 9.64 Å². The molecule has 2 aromatic rings. The molecule has 1 aromatic carbocycles. The van der Waals surface area contributed by atoms with Crippen molar-refractivity contribution in [2.75, 3.05) is 32.1 Å². The van der Waals surface area contributed by atoms with Crippen molar-refractivity contribution in [2.24, 2.45) is 0 Å². The normalized spacial score (nSPS) is 17.1. The largest absolute Gasteiger partial charge is 0.471 e. The van der Waals surface area contributed by atoms with E-state index < -0.39 is 0 Å². The van der Waals surface area contributed by atoms with Crippen molar-refractivity contribution in [1.29, 1.82) is 0 Å². The SMILES string of the molecule is CN(C)c1cccc(C(=O)N2CCC(Oc3cnccn3)C2)c1. The zero-order valence-electron chi connectivity index (χ0n) is 13.3. The highest BCUT2D eigenvalue weighted by molar-refractivity contribution is 5.95. The minimum absolute atomic E-state index is 0.0346. The molecule has 1 saturated heterocycles. The van der Waals surface area contributed by atoms with E-state index in [1.165, 1.54) is 0 Å². The summed E-state index contributed by atoms with van der Waals surface area (Å²) in [6.45, 7) is 1.26. The highest BCUT2D eigenvalue weighted by atomic mass is 16.5. The average molecular weight is 312 g/mol.